The third-order valence-electron chi connectivity index (χ3n) is 5.46. The smallest absolute Gasteiger partial charge is 0.265 e. The molecule has 0 atom stereocenters. The molecule has 7 nitrogen and oxygen atoms in total. The number of anilines is 2. The molecular weight excluding hydrogens is 444 g/mol. The highest BCUT2D eigenvalue weighted by molar-refractivity contribution is 7.93. The molecular formula is C23H20N4O3S2. The van der Waals surface area contributed by atoms with Crippen LogP contribution in [0.5, 0.6) is 0 Å². The van der Waals surface area contributed by atoms with Crippen molar-refractivity contribution >= 4 is 48.9 Å². The maximum atomic E-state index is 13.0. The van der Waals surface area contributed by atoms with Gasteiger partial charge < -0.3 is 0 Å². The molecule has 0 fully saturated rings. The number of hydrogen-bond donors (Lipinski definition) is 1. The predicted molar refractivity (Wildman–Crippen MR) is 127 cm³/mol. The van der Waals surface area contributed by atoms with Gasteiger partial charge in [-0.2, -0.15) is 0 Å². The SMILES string of the molecule is CC(C)c1ccc(-c2nnc(NC(=O)CN3c4cccc5cccc(c45)S3(=O)=O)s2)cc1. The zero-order valence-corrected chi connectivity index (χ0v) is 19.1. The molecule has 4 aromatic rings. The number of rotatable bonds is 5. The summed E-state index contributed by atoms with van der Waals surface area (Å²) in [5.41, 5.74) is 2.66. The Hall–Kier alpha value is -3.30. The second kappa shape index (κ2) is 7.68. The fraction of sp³-hybridized carbons (Fsp3) is 0.174. The summed E-state index contributed by atoms with van der Waals surface area (Å²) < 4.78 is 27.2. The Labute approximate surface area is 189 Å². The van der Waals surface area contributed by atoms with Gasteiger partial charge in [-0.3, -0.25) is 14.4 Å². The minimum absolute atomic E-state index is 0.224. The summed E-state index contributed by atoms with van der Waals surface area (Å²) in [5, 5.41) is 13.4. The molecule has 162 valence electrons. The van der Waals surface area contributed by atoms with Gasteiger partial charge in [-0.1, -0.05) is 73.7 Å². The summed E-state index contributed by atoms with van der Waals surface area (Å²) in [6.45, 7) is 3.92. The van der Waals surface area contributed by atoms with Crippen LogP contribution >= 0.6 is 11.3 Å². The van der Waals surface area contributed by atoms with Crippen LogP contribution in [0.25, 0.3) is 21.3 Å². The number of carbonyl (C=O) groups is 1. The van der Waals surface area contributed by atoms with Gasteiger partial charge in [0.15, 0.2) is 0 Å². The molecule has 1 aromatic heterocycles. The summed E-state index contributed by atoms with van der Waals surface area (Å²) in [5.74, 6) is -0.0385. The monoisotopic (exact) mass is 464 g/mol. The molecule has 1 aliphatic heterocycles. The van der Waals surface area contributed by atoms with Gasteiger partial charge in [0, 0.05) is 10.9 Å². The number of benzene rings is 3. The van der Waals surface area contributed by atoms with E-state index in [9.17, 15) is 13.2 Å². The van der Waals surface area contributed by atoms with Gasteiger partial charge in [0.05, 0.1) is 10.6 Å². The first-order chi connectivity index (χ1) is 15.3. The Balaban J connectivity index is 1.35. The molecule has 0 spiro atoms. The van der Waals surface area contributed by atoms with Crippen LogP contribution < -0.4 is 9.62 Å². The molecule has 2 heterocycles. The van der Waals surface area contributed by atoms with E-state index in [-0.39, 0.29) is 11.4 Å². The van der Waals surface area contributed by atoms with Crippen molar-refractivity contribution in [3.05, 3.63) is 66.2 Å². The van der Waals surface area contributed by atoms with Crippen LogP contribution in [0.4, 0.5) is 10.8 Å². The average Bonchev–Trinajstić information content (AvgIpc) is 3.32. The maximum absolute atomic E-state index is 13.0. The minimum Gasteiger partial charge on any atom is -0.299 e. The Morgan fingerprint density at radius 1 is 1.03 bits per heavy atom. The zero-order chi connectivity index (χ0) is 22.5. The van der Waals surface area contributed by atoms with Crippen LogP contribution in [-0.2, 0) is 14.8 Å². The topological polar surface area (TPSA) is 92.3 Å². The Morgan fingerprint density at radius 2 is 1.75 bits per heavy atom. The number of hydrogen-bond acceptors (Lipinski definition) is 6. The second-order valence-corrected chi connectivity index (χ2v) is 10.7. The first-order valence-electron chi connectivity index (χ1n) is 10.1. The number of nitrogens with one attached hydrogen (secondary N) is 1. The van der Waals surface area contributed by atoms with Crippen molar-refractivity contribution in [1.82, 2.24) is 10.2 Å². The first kappa shape index (κ1) is 20.6. The lowest BCUT2D eigenvalue weighted by atomic mass is 10.0. The molecule has 1 N–H and O–H groups in total. The summed E-state index contributed by atoms with van der Waals surface area (Å²) in [4.78, 5) is 12.9. The van der Waals surface area contributed by atoms with Crippen LogP contribution in [0.2, 0.25) is 0 Å². The van der Waals surface area contributed by atoms with Gasteiger partial charge in [-0.25, -0.2) is 8.42 Å². The van der Waals surface area contributed by atoms with E-state index < -0.39 is 15.9 Å². The zero-order valence-electron chi connectivity index (χ0n) is 17.4. The lowest BCUT2D eigenvalue weighted by Crippen LogP contribution is -2.35. The lowest BCUT2D eigenvalue weighted by molar-refractivity contribution is -0.114. The molecule has 9 heteroatoms. The number of amides is 1. The van der Waals surface area contributed by atoms with Crippen molar-refractivity contribution in [2.45, 2.75) is 24.7 Å². The van der Waals surface area contributed by atoms with E-state index >= 15 is 0 Å². The van der Waals surface area contributed by atoms with Crippen molar-refractivity contribution in [3.8, 4) is 10.6 Å². The molecule has 0 saturated carbocycles. The average molecular weight is 465 g/mol. The van der Waals surface area contributed by atoms with Gasteiger partial charge in [-0.15, -0.1) is 10.2 Å². The molecule has 0 aliphatic carbocycles. The number of aromatic nitrogens is 2. The van der Waals surface area contributed by atoms with E-state index in [0.717, 1.165) is 15.3 Å². The highest BCUT2D eigenvalue weighted by Gasteiger charge is 2.36. The second-order valence-electron chi connectivity index (χ2n) is 7.88. The molecule has 0 bridgehead atoms. The van der Waals surface area contributed by atoms with Crippen LogP contribution in [0.1, 0.15) is 25.3 Å². The van der Waals surface area contributed by atoms with Crippen LogP contribution in [0.3, 0.4) is 0 Å². The lowest BCUT2D eigenvalue weighted by Gasteiger charge is -2.17. The third kappa shape index (κ3) is 3.43. The molecule has 0 radical (unpaired) electrons. The fourth-order valence-electron chi connectivity index (χ4n) is 3.82. The van der Waals surface area contributed by atoms with Gasteiger partial charge >= 0.3 is 0 Å². The molecule has 1 aliphatic rings. The third-order valence-corrected chi connectivity index (χ3v) is 8.15. The fourth-order valence-corrected chi connectivity index (χ4v) is 6.25. The van der Waals surface area contributed by atoms with Crippen molar-refractivity contribution in [2.75, 3.05) is 16.2 Å². The highest BCUT2D eigenvalue weighted by atomic mass is 32.2. The van der Waals surface area contributed by atoms with Gasteiger partial charge in [-0.05, 0) is 29.0 Å². The normalized spacial score (nSPS) is 14.3. The molecule has 1 amide bonds. The standard InChI is InChI=1S/C23H20N4O3S2/c1-14(2)15-9-11-17(12-10-15)22-25-26-23(31-22)24-20(28)13-27-18-7-3-5-16-6-4-8-19(21(16)18)32(27,29)30/h3-12,14H,13H2,1-2H3,(H,24,26,28). The van der Waals surface area contributed by atoms with Gasteiger partial charge in [0.2, 0.25) is 11.0 Å². The van der Waals surface area contributed by atoms with Crippen molar-refractivity contribution in [1.29, 1.82) is 0 Å². The molecule has 0 saturated heterocycles. The molecule has 3 aromatic carbocycles. The predicted octanol–water partition coefficient (Wildman–Crippen LogP) is 4.63. The van der Waals surface area contributed by atoms with E-state index in [1.165, 1.54) is 16.9 Å². The van der Waals surface area contributed by atoms with Crippen molar-refractivity contribution in [3.63, 3.8) is 0 Å². The molecule has 5 rings (SSSR count). The molecule has 0 unspecified atom stereocenters. The van der Waals surface area contributed by atoms with Crippen molar-refractivity contribution in [2.24, 2.45) is 0 Å². The Bertz CT molecular complexity index is 1440. The van der Waals surface area contributed by atoms with Crippen molar-refractivity contribution < 1.29 is 13.2 Å². The van der Waals surface area contributed by atoms with Crippen LogP contribution in [-0.4, -0.2) is 31.1 Å². The van der Waals surface area contributed by atoms with E-state index in [4.69, 9.17) is 0 Å². The van der Waals surface area contributed by atoms with Gasteiger partial charge in [0.25, 0.3) is 10.0 Å². The highest BCUT2D eigenvalue weighted by Crippen LogP contribution is 2.41. The Morgan fingerprint density at radius 3 is 2.47 bits per heavy atom. The largest absolute Gasteiger partial charge is 0.299 e. The summed E-state index contributed by atoms with van der Waals surface area (Å²) in [6, 6.07) is 18.6. The van der Waals surface area contributed by atoms with Crippen LogP contribution in [0, 0.1) is 0 Å². The first-order valence-corrected chi connectivity index (χ1v) is 12.4. The van der Waals surface area contributed by atoms with E-state index in [1.807, 2.05) is 24.3 Å². The van der Waals surface area contributed by atoms with E-state index in [1.54, 1.807) is 24.3 Å². The number of sulfonamides is 1. The van der Waals surface area contributed by atoms with Crippen LogP contribution in [0.15, 0.2) is 65.6 Å². The minimum atomic E-state index is -3.79. The van der Waals surface area contributed by atoms with Gasteiger partial charge in [0.1, 0.15) is 11.6 Å². The summed E-state index contributed by atoms with van der Waals surface area (Å²) in [6.07, 6.45) is 0. The van der Waals surface area contributed by atoms with E-state index in [2.05, 4.69) is 41.5 Å². The number of carbonyl (C=O) groups excluding carboxylic acids is 1. The number of nitrogens with zero attached hydrogens (tertiary/aromatic N) is 3. The summed E-state index contributed by atoms with van der Waals surface area (Å²) >= 11 is 1.25. The Kier molecular flexibility index (Phi) is 4.94. The maximum Gasteiger partial charge on any atom is 0.265 e. The summed E-state index contributed by atoms with van der Waals surface area (Å²) in [7, 11) is -3.79. The van der Waals surface area contributed by atoms with E-state index in [0.29, 0.717) is 27.1 Å². The quantitative estimate of drug-likeness (QED) is 0.465. The molecule has 32 heavy (non-hydrogen) atoms.